The van der Waals surface area contributed by atoms with Gasteiger partial charge in [0.2, 0.25) is 0 Å². The van der Waals surface area contributed by atoms with E-state index in [2.05, 4.69) is 21.2 Å². The van der Waals surface area contributed by atoms with Crippen molar-refractivity contribution in [3.05, 3.63) is 52.5 Å². The Balaban J connectivity index is 1.92. The molecule has 0 saturated carbocycles. The summed E-state index contributed by atoms with van der Waals surface area (Å²) in [4.78, 5) is 11.7. The lowest BCUT2D eigenvalue weighted by Gasteiger charge is -2.08. The second kappa shape index (κ2) is 6.53. The first-order valence-corrected chi connectivity index (χ1v) is 6.68. The van der Waals surface area contributed by atoms with E-state index in [0.717, 1.165) is 6.07 Å². The first kappa shape index (κ1) is 15.2. The maximum absolute atomic E-state index is 13.0. The predicted molar refractivity (Wildman–Crippen MR) is 79.0 cm³/mol. The van der Waals surface area contributed by atoms with E-state index in [1.807, 2.05) is 0 Å². The van der Waals surface area contributed by atoms with Gasteiger partial charge in [-0.2, -0.15) is 0 Å². The lowest BCUT2D eigenvalue weighted by atomic mass is 10.2. The summed E-state index contributed by atoms with van der Waals surface area (Å²) in [6.45, 7) is -0.268. The molecule has 0 atom stereocenters. The van der Waals surface area contributed by atoms with Gasteiger partial charge in [-0.25, -0.2) is 8.78 Å². The van der Waals surface area contributed by atoms with Gasteiger partial charge in [-0.15, -0.1) is 0 Å². The third kappa shape index (κ3) is 4.16. The van der Waals surface area contributed by atoms with Crippen LogP contribution in [-0.4, -0.2) is 12.5 Å². The SMILES string of the molecule is Nc1cc(NC(=O)COc2ccc(F)c(Br)c2)ccc1F. The van der Waals surface area contributed by atoms with Crippen LogP contribution >= 0.6 is 15.9 Å². The van der Waals surface area contributed by atoms with Crippen LogP contribution in [0.4, 0.5) is 20.2 Å². The molecule has 7 heteroatoms. The molecule has 0 aliphatic carbocycles. The number of hydrogen-bond acceptors (Lipinski definition) is 3. The van der Waals surface area contributed by atoms with Crippen molar-refractivity contribution in [2.75, 3.05) is 17.7 Å². The Bertz CT molecular complexity index is 680. The van der Waals surface area contributed by atoms with Crippen molar-refractivity contribution >= 4 is 33.2 Å². The van der Waals surface area contributed by atoms with Crippen molar-refractivity contribution in [3.8, 4) is 5.75 Å². The molecule has 0 radical (unpaired) electrons. The molecule has 0 aromatic heterocycles. The number of ether oxygens (including phenoxy) is 1. The third-order valence-corrected chi connectivity index (χ3v) is 3.15. The minimum absolute atomic E-state index is 0.0591. The molecular formula is C14H11BrF2N2O2. The highest BCUT2D eigenvalue weighted by molar-refractivity contribution is 9.10. The Labute approximate surface area is 128 Å². The van der Waals surface area contributed by atoms with Crippen LogP contribution in [0.25, 0.3) is 0 Å². The zero-order valence-corrected chi connectivity index (χ0v) is 12.3. The molecule has 0 unspecified atom stereocenters. The summed E-state index contributed by atoms with van der Waals surface area (Å²) in [5, 5.41) is 2.51. The number of amides is 1. The van der Waals surface area contributed by atoms with Crippen LogP contribution in [0, 0.1) is 11.6 Å². The van der Waals surface area contributed by atoms with E-state index in [1.165, 1.54) is 30.3 Å². The van der Waals surface area contributed by atoms with Gasteiger partial charge in [0.05, 0.1) is 10.2 Å². The summed E-state index contributed by atoms with van der Waals surface area (Å²) >= 11 is 3.02. The quantitative estimate of drug-likeness (QED) is 0.825. The maximum Gasteiger partial charge on any atom is 0.262 e. The van der Waals surface area contributed by atoms with E-state index in [1.54, 1.807) is 0 Å². The van der Waals surface area contributed by atoms with Crippen molar-refractivity contribution in [1.82, 2.24) is 0 Å². The summed E-state index contributed by atoms with van der Waals surface area (Å²) in [5.74, 6) is -1.08. The molecule has 110 valence electrons. The average Bonchev–Trinajstić information content (AvgIpc) is 2.44. The van der Waals surface area contributed by atoms with Crippen LogP contribution in [0.2, 0.25) is 0 Å². The number of hydrogen-bond donors (Lipinski definition) is 2. The fourth-order valence-corrected chi connectivity index (χ4v) is 1.89. The molecule has 0 saturated heterocycles. The van der Waals surface area contributed by atoms with Crippen molar-refractivity contribution in [2.24, 2.45) is 0 Å². The van der Waals surface area contributed by atoms with E-state index >= 15 is 0 Å². The fraction of sp³-hybridized carbons (Fsp3) is 0.0714. The molecular weight excluding hydrogens is 346 g/mol. The lowest BCUT2D eigenvalue weighted by molar-refractivity contribution is -0.118. The number of nitrogen functional groups attached to an aromatic ring is 1. The number of carbonyl (C=O) groups excluding carboxylic acids is 1. The zero-order chi connectivity index (χ0) is 15.4. The van der Waals surface area contributed by atoms with Crippen molar-refractivity contribution < 1.29 is 18.3 Å². The van der Waals surface area contributed by atoms with Gasteiger partial charge in [0.25, 0.3) is 5.91 Å². The van der Waals surface area contributed by atoms with Crippen molar-refractivity contribution in [3.63, 3.8) is 0 Å². The first-order chi connectivity index (χ1) is 9.95. The van der Waals surface area contributed by atoms with Gasteiger partial charge in [0.1, 0.15) is 17.4 Å². The second-order valence-corrected chi connectivity index (χ2v) is 5.00. The van der Waals surface area contributed by atoms with Crippen LogP contribution in [0.5, 0.6) is 5.75 Å². The molecule has 2 aromatic carbocycles. The van der Waals surface area contributed by atoms with Gasteiger partial charge >= 0.3 is 0 Å². The number of nitrogens with one attached hydrogen (secondary N) is 1. The molecule has 1 amide bonds. The van der Waals surface area contributed by atoms with E-state index in [0.29, 0.717) is 11.4 Å². The van der Waals surface area contributed by atoms with Crippen LogP contribution < -0.4 is 15.8 Å². The van der Waals surface area contributed by atoms with Crippen LogP contribution in [-0.2, 0) is 4.79 Å². The number of anilines is 2. The molecule has 0 bridgehead atoms. The summed E-state index contributed by atoms with van der Waals surface area (Å²) in [6, 6.07) is 7.89. The second-order valence-electron chi connectivity index (χ2n) is 4.15. The number of carbonyl (C=O) groups is 1. The Morgan fingerprint density at radius 1 is 1.19 bits per heavy atom. The summed E-state index contributed by atoms with van der Waals surface area (Å²) < 4.78 is 31.5. The highest BCUT2D eigenvalue weighted by Crippen LogP contribution is 2.21. The standard InChI is InChI=1S/C14H11BrF2N2O2/c15-10-6-9(2-4-11(10)16)21-7-14(20)19-8-1-3-12(17)13(18)5-8/h1-6H,7,18H2,(H,19,20). The Morgan fingerprint density at radius 2 is 1.90 bits per heavy atom. The topological polar surface area (TPSA) is 64.3 Å². The normalized spacial score (nSPS) is 10.2. The molecule has 0 aliphatic heterocycles. The summed E-state index contributed by atoms with van der Waals surface area (Å²) in [6.07, 6.45) is 0. The van der Waals surface area contributed by atoms with Gasteiger partial charge < -0.3 is 15.8 Å². The zero-order valence-electron chi connectivity index (χ0n) is 10.7. The monoisotopic (exact) mass is 356 g/mol. The third-order valence-electron chi connectivity index (χ3n) is 2.54. The molecule has 0 heterocycles. The van der Waals surface area contributed by atoms with E-state index in [9.17, 15) is 13.6 Å². The number of halogens is 3. The van der Waals surface area contributed by atoms with Gasteiger partial charge in [-0.3, -0.25) is 4.79 Å². The Kier molecular flexibility index (Phi) is 4.74. The summed E-state index contributed by atoms with van der Waals surface area (Å²) in [5.41, 5.74) is 5.70. The summed E-state index contributed by atoms with van der Waals surface area (Å²) in [7, 11) is 0. The molecule has 3 N–H and O–H groups in total. The highest BCUT2D eigenvalue weighted by atomic mass is 79.9. The predicted octanol–water partition coefficient (Wildman–Crippen LogP) is 3.33. The average molecular weight is 357 g/mol. The van der Waals surface area contributed by atoms with Gasteiger partial charge in [0.15, 0.2) is 6.61 Å². The van der Waals surface area contributed by atoms with Gasteiger partial charge in [-0.1, -0.05) is 0 Å². The maximum atomic E-state index is 13.0. The van der Waals surface area contributed by atoms with Crippen LogP contribution in [0.3, 0.4) is 0 Å². The van der Waals surface area contributed by atoms with Gasteiger partial charge in [-0.05, 0) is 52.3 Å². The molecule has 0 spiro atoms. The van der Waals surface area contributed by atoms with Crippen molar-refractivity contribution in [1.29, 1.82) is 0 Å². The van der Waals surface area contributed by atoms with E-state index in [4.69, 9.17) is 10.5 Å². The van der Waals surface area contributed by atoms with Crippen LogP contribution in [0.1, 0.15) is 0 Å². The Hall–Kier alpha value is -2.15. The molecule has 0 aliphatic rings. The first-order valence-electron chi connectivity index (χ1n) is 5.88. The minimum Gasteiger partial charge on any atom is -0.484 e. The van der Waals surface area contributed by atoms with E-state index in [-0.39, 0.29) is 16.8 Å². The van der Waals surface area contributed by atoms with E-state index < -0.39 is 17.5 Å². The fourth-order valence-electron chi connectivity index (χ4n) is 1.53. The smallest absolute Gasteiger partial charge is 0.262 e. The number of rotatable bonds is 4. The molecule has 0 fully saturated rings. The molecule has 4 nitrogen and oxygen atoms in total. The Morgan fingerprint density at radius 3 is 2.57 bits per heavy atom. The highest BCUT2D eigenvalue weighted by Gasteiger charge is 2.07. The van der Waals surface area contributed by atoms with Gasteiger partial charge in [0, 0.05) is 5.69 Å². The van der Waals surface area contributed by atoms with Crippen molar-refractivity contribution in [2.45, 2.75) is 0 Å². The molecule has 2 rings (SSSR count). The number of benzene rings is 2. The van der Waals surface area contributed by atoms with Crippen LogP contribution in [0.15, 0.2) is 40.9 Å². The number of nitrogens with two attached hydrogens (primary N) is 1. The molecule has 21 heavy (non-hydrogen) atoms. The lowest BCUT2D eigenvalue weighted by Crippen LogP contribution is -2.20. The largest absolute Gasteiger partial charge is 0.484 e. The molecule has 2 aromatic rings. The minimum atomic E-state index is -0.555.